The molecule has 0 radical (unpaired) electrons. The molecule has 0 N–H and O–H groups in total. The predicted octanol–water partition coefficient (Wildman–Crippen LogP) is 7.15. The Hall–Kier alpha value is -1.25. The van der Waals surface area contributed by atoms with Gasteiger partial charge in [0, 0.05) is 10.7 Å². The number of benzene rings is 2. The Morgan fingerprint density at radius 3 is 1.96 bits per heavy atom. The minimum atomic E-state index is -2.26. The molecule has 2 atom stereocenters. The van der Waals surface area contributed by atoms with Crippen LogP contribution in [0.4, 0.5) is 0 Å². The lowest BCUT2D eigenvalue weighted by molar-refractivity contribution is 0.254. The second-order valence-corrected chi connectivity index (χ2v) is 18.1. The fourth-order valence-corrected chi connectivity index (χ4v) is 16.2. The van der Waals surface area contributed by atoms with Crippen LogP contribution in [0, 0.1) is 5.41 Å². The van der Waals surface area contributed by atoms with Crippen LogP contribution < -0.4 is 0 Å². The van der Waals surface area contributed by atoms with E-state index in [1.807, 2.05) is 0 Å². The van der Waals surface area contributed by atoms with Crippen LogP contribution in [0.5, 0.6) is 0 Å². The molecule has 140 valence electrons. The van der Waals surface area contributed by atoms with Crippen LogP contribution in [0.15, 0.2) is 71.2 Å². The Bertz CT molecular complexity index is 1000. The number of hydrogen-bond acceptors (Lipinski definition) is 2. The summed E-state index contributed by atoms with van der Waals surface area (Å²) in [5.41, 5.74) is 5.31. The normalized spacial score (nSPS) is 28.0. The quantitative estimate of drug-likeness (QED) is 0.392. The van der Waals surface area contributed by atoms with E-state index in [0.29, 0.717) is 6.61 Å². The van der Waals surface area contributed by atoms with E-state index in [2.05, 4.69) is 94.2 Å². The lowest BCUT2D eigenvalue weighted by Crippen LogP contribution is -2.41. The first-order chi connectivity index (χ1) is 12.7. The molecule has 0 amide bonds. The second kappa shape index (κ2) is 6.39. The molecule has 2 unspecified atom stereocenters. The SMILES string of the molecule is CC1=C(c2ccccc2)P2(=S)OCC1(C)C(c1ccccc1)=C2[Si](C)(C)C. The third-order valence-electron chi connectivity index (χ3n) is 5.92. The smallest absolute Gasteiger partial charge is 0.116 e. The molecule has 0 fully saturated rings. The molecule has 2 aromatic rings. The summed E-state index contributed by atoms with van der Waals surface area (Å²) in [4.78, 5) is 1.48. The summed E-state index contributed by atoms with van der Waals surface area (Å²) in [6, 6.07) is 21.6. The second-order valence-electron chi connectivity index (χ2n) is 8.84. The molecule has 27 heavy (non-hydrogen) atoms. The molecule has 0 spiro atoms. The Morgan fingerprint density at radius 2 is 1.44 bits per heavy atom. The first-order valence-corrected chi connectivity index (χ1v) is 15.7. The van der Waals surface area contributed by atoms with Crippen LogP contribution in [-0.4, -0.2) is 14.7 Å². The third-order valence-corrected chi connectivity index (χ3v) is 14.9. The average molecular weight is 411 g/mol. The fourth-order valence-electron chi connectivity index (χ4n) is 4.58. The highest BCUT2D eigenvalue weighted by molar-refractivity contribution is 8.20. The summed E-state index contributed by atoms with van der Waals surface area (Å²) >= 11 is 6.48. The highest BCUT2D eigenvalue weighted by Gasteiger charge is 2.54. The summed E-state index contributed by atoms with van der Waals surface area (Å²) in [6.45, 7) is 12.6. The van der Waals surface area contributed by atoms with E-state index in [4.69, 9.17) is 16.3 Å². The minimum Gasteiger partial charge on any atom is -0.342 e. The number of hydrogen-bond donors (Lipinski definition) is 0. The van der Waals surface area contributed by atoms with E-state index in [0.717, 1.165) is 0 Å². The minimum absolute atomic E-state index is 0.122. The van der Waals surface area contributed by atoms with Gasteiger partial charge in [-0.25, -0.2) is 0 Å². The van der Waals surface area contributed by atoms with Gasteiger partial charge in [0.1, 0.15) is 6.26 Å². The van der Waals surface area contributed by atoms with E-state index in [1.165, 1.54) is 32.5 Å². The van der Waals surface area contributed by atoms with Crippen molar-refractivity contribution in [3.8, 4) is 0 Å². The maximum absolute atomic E-state index is 6.64. The Labute approximate surface area is 169 Å². The van der Waals surface area contributed by atoms with Gasteiger partial charge in [-0.1, -0.05) is 92.1 Å². The summed E-state index contributed by atoms with van der Waals surface area (Å²) in [5, 5.41) is 1.31. The van der Waals surface area contributed by atoms with E-state index in [9.17, 15) is 0 Å². The van der Waals surface area contributed by atoms with Gasteiger partial charge in [0.25, 0.3) is 0 Å². The van der Waals surface area contributed by atoms with Gasteiger partial charge >= 0.3 is 0 Å². The molecule has 1 nitrogen and oxygen atoms in total. The van der Waals surface area contributed by atoms with Crippen LogP contribution in [0.1, 0.15) is 25.0 Å². The van der Waals surface area contributed by atoms with Crippen molar-refractivity contribution < 1.29 is 4.52 Å². The van der Waals surface area contributed by atoms with Crippen molar-refractivity contribution in [2.24, 2.45) is 5.41 Å². The molecule has 0 saturated carbocycles. The van der Waals surface area contributed by atoms with E-state index >= 15 is 0 Å². The highest BCUT2D eigenvalue weighted by Crippen LogP contribution is 2.79. The average Bonchev–Trinajstić information content (AvgIpc) is 2.63. The van der Waals surface area contributed by atoms with Crippen molar-refractivity contribution in [3.63, 3.8) is 0 Å². The molecule has 5 rings (SSSR count). The Morgan fingerprint density at radius 1 is 0.926 bits per heavy atom. The largest absolute Gasteiger partial charge is 0.342 e. The zero-order valence-corrected chi connectivity index (χ0v) is 19.5. The number of fused-ring (bicyclic) bond motifs is 1. The predicted molar refractivity (Wildman–Crippen MR) is 124 cm³/mol. The Kier molecular flexibility index (Phi) is 4.51. The zero-order valence-electron chi connectivity index (χ0n) is 16.7. The topological polar surface area (TPSA) is 9.23 Å². The van der Waals surface area contributed by atoms with Gasteiger partial charge in [0.15, 0.2) is 0 Å². The molecule has 3 aliphatic rings. The molecule has 0 aromatic heterocycles. The summed E-state index contributed by atoms with van der Waals surface area (Å²) < 4.78 is 6.64. The van der Waals surface area contributed by atoms with Gasteiger partial charge in [0.2, 0.25) is 0 Å². The van der Waals surface area contributed by atoms with Gasteiger partial charge < -0.3 is 4.52 Å². The Balaban J connectivity index is 2.10. The van der Waals surface area contributed by atoms with Gasteiger partial charge in [0.05, 0.1) is 14.7 Å². The van der Waals surface area contributed by atoms with Crippen molar-refractivity contribution in [2.45, 2.75) is 33.5 Å². The maximum atomic E-state index is 6.64. The monoisotopic (exact) mass is 410 g/mol. The van der Waals surface area contributed by atoms with Crippen LogP contribution >= 0.6 is 6.26 Å². The van der Waals surface area contributed by atoms with Gasteiger partial charge in [-0.2, -0.15) is 0 Å². The van der Waals surface area contributed by atoms with Crippen LogP contribution in [-0.2, 0) is 16.3 Å². The third kappa shape index (κ3) is 2.79. The molecule has 4 heteroatoms. The van der Waals surface area contributed by atoms with Crippen molar-refractivity contribution in [2.75, 3.05) is 6.61 Å². The van der Waals surface area contributed by atoms with Crippen molar-refractivity contribution in [3.05, 3.63) is 82.3 Å². The summed E-state index contributed by atoms with van der Waals surface area (Å²) in [6.07, 6.45) is -2.26. The molecule has 2 aromatic carbocycles. The molecular formula is C23H27OPSSi. The maximum Gasteiger partial charge on any atom is 0.116 e. The molecule has 0 saturated heterocycles. The van der Waals surface area contributed by atoms with E-state index in [1.54, 1.807) is 0 Å². The van der Waals surface area contributed by atoms with Gasteiger partial charge in [-0.05, 0) is 41.1 Å². The van der Waals surface area contributed by atoms with Crippen molar-refractivity contribution in [1.82, 2.24) is 0 Å². The first kappa shape index (κ1) is 19.1. The van der Waals surface area contributed by atoms with E-state index in [-0.39, 0.29) is 5.41 Å². The standard InChI is InChI=1S/C23H27OPSSi/c1-17-21(19-14-10-7-11-15-19)25(26)22(27(3,4)5)20(23(17,2)16-24-25)18-12-8-6-9-13-18/h6-15H,16H2,1-5H3. The van der Waals surface area contributed by atoms with Crippen LogP contribution in [0.25, 0.3) is 10.9 Å². The number of rotatable bonds is 3. The van der Waals surface area contributed by atoms with Gasteiger partial charge in [-0.3, -0.25) is 0 Å². The highest BCUT2D eigenvalue weighted by atomic mass is 32.4. The fraction of sp³-hybridized carbons (Fsp3) is 0.304. The molecule has 3 aliphatic heterocycles. The summed E-state index contributed by atoms with van der Waals surface area (Å²) in [7, 11) is -1.71. The molecule has 2 bridgehead atoms. The lowest BCUT2D eigenvalue weighted by atomic mass is 9.73. The van der Waals surface area contributed by atoms with Crippen molar-refractivity contribution in [1.29, 1.82) is 0 Å². The van der Waals surface area contributed by atoms with Crippen molar-refractivity contribution >= 4 is 37.0 Å². The zero-order chi connectivity index (χ0) is 19.4. The van der Waals surface area contributed by atoms with Crippen LogP contribution in [0.2, 0.25) is 19.6 Å². The van der Waals surface area contributed by atoms with Crippen LogP contribution in [0.3, 0.4) is 0 Å². The van der Waals surface area contributed by atoms with E-state index < -0.39 is 14.3 Å². The lowest BCUT2D eigenvalue weighted by Gasteiger charge is -2.53. The molecular weight excluding hydrogens is 383 g/mol. The summed E-state index contributed by atoms with van der Waals surface area (Å²) in [5.74, 6) is 0. The molecule has 0 aliphatic carbocycles. The van der Waals surface area contributed by atoms with Gasteiger partial charge in [-0.15, -0.1) is 0 Å². The first-order valence-electron chi connectivity index (χ1n) is 9.53. The molecule has 3 heterocycles.